The van der Waals surface area contributed by atoms with Gasteiger partial charge in [-0.05, 0) is 29.7 Å². The zero-order valence-electron chi connectivity index (χ0n) is 12.0. The minimum Gasteiger partial charge on any atom is -0.360 e. The highest BCUT2D eigenvalue weighted by Crippen LogP contribution is 2.16. The minimum atomic E-state index is 0.730. The number of benzene rings is 2. The molecule has 3 nitrogen and oxygen atoms in total. The summed E-state index contributed by atoms with van der Waals surface area (Å²) in [7, 11) is 0. The predicted octanol–water partition coefficient (Wildman–Crippen LogP) is 4.44. The molecule has 0 aliphatic rings. The van der Waals surface area contributed by atoms with Crippen LogP contribution in [-0.2, 0) is 12.8 Å². The monoisotopic (exact) mass is 329 g/mol. The zero-order chi connectivity index (χ0) is 15.2. The highest BCUT2D eigenvalue weighted by Gasteiger charge is 2.05. The Morgan fingerprint density at radius 3 is 2.50 bits per heavy atom. The number of nitrogens with zero attached hydrogens (tertiary/aromatic N) is 2. The van der Waals surface area contributed by atoms with Crippen LogP contribution in [0.2, 0.25) is 5.02 Å². The van der Waals surface area contributed by atoms with Crippen LogP contribution in [0.4, 0.5) is 5.13 Å². The molecule has 1 aromatic heterocycles. The minimum absolute atomic E-state index is 0.730. The van der Waals surface area contributed by atoms with E-state index in [1.807, 2.05) is 30.3 Å². The van der Waals surface area contributed by atoms with Crippen molar-refractivity contribution in [2.24, 2.45) is 0 Å². The summed E-state index contributed by atoms with van der Waals surface area (Å²) in [4.78, 5) is 4.52. The quantitative estimate of drug-likeness (QED) is 0.726. The Kier molecular flexibility index (Phi) is 5.03. The first-order chi connectivity index (χ1) is 10.8. The van der Waals surface area contributed by atoms with Crippen LogP contribution in [0.5, 0.6) is 0 Å². The van der Waals surface area contributed by atoms with Crippen molar-refractivity contribution in [1.29, 1.82) is 0 Å². The van der Waals surface area contributed by atoms with E-state index in [1.165, 1.54) is 17.1 Å². The lowest BCUT2D eigenvalue weighted by atomic mass is 10.1. The molecule has 0 saturated heterocycles. The number of hydrogen-bond donors (Lipinski definition) is 1. The molecule has 1 N–H and O–H groups in total. The standard InChI is InChI=1S/C17H16ClN3S/c18-15-8-6-14(7-9-15)12-16-20-17(22-21-16)19-11-10-13-4-2-1-3-5-13/h1-9H,10-12H2,(H,19,20,21). The van der Waals surface area contributed by atoms with Gasteiger partial charge in [0, 0.05) is 29.5 Å². The van der Waals surface area contributed by atoms with Gasteiger partial charge in [0.2, 0.25) is 5.13 Å². The van der Waals surface area contributed by atoms with E-state index in [1.54, 1.807) is 0 Å². The average molecular weight is 330 g/mol. The van der Waals surface area contributed by atoms with Crippen LogP contribution in [0.25, 0.3) is 0 Å². The molecule has 22 heavy (non-hydrogen) atoms. The van der Waals surface area contributed by atoms with Gasteiger partial charge in [0.05, 0.1) is 0 Å². The van der Waals surface area contributed by atoms with Gasteiger partial charge in [-0.3, -0.25) is 0 Å². The third-order valence-electron chi connectivity index (χ3n) is 3.28. The van der Waals surface area contributed by atoms with Crippen molar-refractivity contribution in [2.75, 3.05) is 11.9 Å². The van der Waals surface area contributed by atoms with Gasteiger partial charge in [-0.1, -0.05) is 54.1 Å². The maximum atomic E-state index is 5.89. The fourth-order valence-corrected chi connectivity index (χ4v) is 2.88. The first-order valence-corrected chi connectivity index (χ1v) is 8.29. The normalized spacial score (nSPS) is 10.6. The maximum absolute atomic E-state index is 5.89. The average Bonchev–Trinajstić information content (AvgIpc) is 2.98. The third kappa shape index (κ3) is 4.29. The van der Waals surface area contributed by atoms with Crippen molar-refractivity contribution in [3.05, 3.63) is 76.6 Å². The zero-order valence-corrected chi connectivity index (χ0v) is 13.6. The maximum Gasteiger partial charge on any atom is 0.202 e. The molecule has 0 saturated carbocycles. The number of halogens is 1. The van der Waals surface area contributed by atoms with Crippen molar-refractivity contribution < 1.29 is 0 Å². The summed E-state index contributed by atoms with van der Waals surface area (Å²) in [5.41, 5.74) is 2.49. The molecule has 0 bridgehead atoms. The molecule has 0 spiro atoms. The van der Waals surface area contributed by atoms with Crippen molar-refractivity contribution in [2.45, 2.75) is 12.8 Å². The Hall–Kier alpha value is -1.91. The van der Waals surface area contributed by atoms with Crippen molar-refractivity contribution in [3.8, 4) is 0 Å². The van der Waals surface area contributed by atoms with Crippen LogP contribution in [-0.4, -0.2) is 15.9 Å². The molecule has 3 rings (SSSR count). The summed E-state index contributed by atoms with van der Waals surface area (Å²) in [5.74, 6) is 0.842. The fourth-order valence-electron chi connectivity index (χ4n) is 2.14. The number of aromatic nitrogens is 2. The fraction of sp³-hybridized carbons (Fsp3) is 0.176. The summed E-state index contributed by atoms with van der Waals surface area (Å²) in [6, 6.07) is 18.2. The van der Waals surface area contributed by atoms with Crippen molar-refractivity contribution >= 4 is 28.3 Å². The van der Waals surface area contributed by atoms with Crippen LogP contribution in [0, 0.1) is 0 Å². The number of hydrogen-bond acceptors (Lipinski definition) is 4. The molecule has 0 amide bonds. The lowest BCUT2D eigenvalue weighted by molar-refractivity contribution is 0.995. The first kappa shape index (κ1) is 15.0. The SMILES string of the molecule is Clc1ccc(Cc2nsc(NCCc3ccccc3)n2)cc1. The second-order valence-electron chi connectivity index (χ2n) is 4.98. The van der Waals surface area contributed by atoms with Gasteiger partial charge >= 0.3 is 0 Å². The van der Waals surface area contributed by atoms with Gasteiger partial charge in [-0.15, -0.1) is 0 Å². The molecular weight excluding hydrogens is 314 g/mol. The van der Waals surface area contributed by atoms with Crippen LogP contribution >= 0.6 is 23.1 Å². The molecule has 0 aliphatic carbocycles. The molecule has 112 valence electrons. The van der Waals surface area contributed by atoms with Crippen molar-refractivity contribution in [1.82, 2.24) is 9.36 Å². The number of nitrogens with one attached hydrogen (secondary N) is 1. The molecule has 0 radical (unpaired) electrons. The van der Waals surface area contributed by atoms with E-state index in [0.717, 1.165) is 40.9 Å². The summed E-state index contributed by atoms with van der Waals surface area (Å²) < 4.78 is 4.39. The number of anilines is 1. The van der Waals surface area contributed by atoms with E-state index in [4.69, 9.17) is 11.6 Å². The Labute approximate surface area is 139 Å². The molecule has 2 aromatic carbocycles. The summed E-state index contributed by atoms with van der Waals surface area (Å²) in [6.07, 6.45) is 1.71. The first-order valence-electron chi connectivity index (χ1n) is 7.14. The molecule has 0 aliphatic heterocycles. The van der Waals surface area contributed by atoms with Crippen LogP contribution in [0.1, 0.15) is 17.0 Å². The lowest BCUT2D eigenvalue weighted by Gasteiger charge is -2.02. The van der Waals surface area contributed by atoms with Gasteiger partial charge in [0.25, 0.3) is 0 Å². The van der Waals surface area contributed by atoms with E-state index in [0.29, 0.717) is 0 Å². The second kappa shape index (κ2) is 7.38. The number of rotatable bonds is 6. The largest absolute Gasteiger partial charge is 0.360 e. The molecule has 0 unspecified atom stereocenters. The van der Waals surface area contributed by atoms with E-state index in [9.17, 15) is 0 Å². The van der Waals surface area contributed by atoms with Gasteiger partial charge in [0.15, 0.2) is 0 Å². The van der Waals surface area contributed by atoms with Gasteiger partial charge in [-0.2, -0.15) is 4.37 Å². The summed E-state index contributed by atoms with van der Waals surface area (Å²) in [6.45, 7) is 0.861. The highest BCUT2D eigenvalue weighted by atomic mass is 35.5. The van der Waals surface area contributed by atoms with Crippen LogP contribution in [0.15, 0.2) is 54.6 Å². The molecule has 3 aromatic rings. The van der Waals surface area contributed by atoms with E-state index in [-0.39, 0.29) is 0 Å². The van der Waals surface area contributed by atoms with Gasteiger partial charge in [0.1, 0.15) is 5.82 Å². The van der Waals surface area contributed by atoms with E-state index >= 15 is 0 Å². The highest BCUT2D eigenvalue weighted by molar-refractivity contribution is 7.09. The van der Waals surface area contributed by atoms with E-state index in [2.05, 4.69) is 38.9 Å². The van der Waals surface area contributed by atoms with E-state index < -0.39 is 0 Å². The summed E-state index contributed by atoms with van der Waals surface area (Å²) in [5, 5.41) is 4.96. The molecule has 1 heterocycles. The molecule has 5 heteroatoms. The summed E-state index contributed by atoms with van der Waals surface area (Å²) >= 11 is 7.30. The smallest absolute Gasteiger partial charge is 0.202 e. The van der Waals surface area contributed by atoms with Crippen molar-refractivity contribution in [3.63, 3.8) is 0 Å². The Bertz CT molecular complexity index is 710. The Balaban J connectivity index is 1.51. The Morgan fingerprint density at radius 1 is 0.955 bits per heavy atom. The molecular formula is C17H16ClN3S. The van der Waals surface area contributed by atoms with Gasteiger partial charge in [-0.25, -0.2) is 4.98 Å². The topological polar surface area (TPSA) is 37.8 Å². The third-order valence-corrected chi connectivity index (χ3v) is 4.24. The molecule has 0 fully saturated rings. The predicted molar refractivity (Wildman–Crippen MR) is 92.8 cm³/mol. The van der Waals surface area contributed by atoms with Crippen LogP contribution < -0.4 is 5.32 Å². The lowest BCUT2D eigenvalue weighted by Crippen LogP contribution is -2.04. The molecule has 0 atom stereocenters. The Morgan fingerprint density at radius 2 is 1.73 bits per heavy atom. The van der Waals surface area contributed by atoms with Gasteiger partial charge < -0.3 is 5.32 Å². The second-order valence-corrected chi connectivity index (χ2v) is 6.17. The van der Waals surface area contributed by atoms with Crippen LogP contribution in [0.3, 0.4) is 0 Å².